The van der Waals surface area contributed by atoms with Gasteiger partial charge in [-0.15, -0.1) is 0 Å². The molecule has 0 radical (unpaired) electrons. The van der Waals surface area contributed by atoms with Gasteiger partial charge in [-0.25, -0.2) is 4.79 Å². The van der Waals surface area contributed by atoms with Crippen molar-refractivity contribution in [1.82, 2.24) is 15.4 Å². The zero-order valence-corrected chi connectivity index (χ0v) is 20.5. The second-order valence-corrected chi connectivity index (χ2v) is 11.0. The average Bonchev–Trinajstić information content (AvgIpc) is 3.16. The fourth-order valence-corrected chi connectivity index (χ4v) is 6.67. The molecule has 1 N–H and O–H groups in total. The number of hydrogen-bond acceptors (Lipinski definition) is 6. The lowest BCUT2D eigenvalue weighted by atomic mass is 10.00. The first-order chi connectivity index (χ1) is 17.0. The van der Waals surface area contributed by atoms with Crippen molar-refractivity contribution in [2.24, 2.45) is 5.92 Å². The largest absolute Gasteiger partial charge is 0.413 e. The molecule has 2 unspecified atom stereocenters. The molecule has 1 aromatic heterocycles. The van der Waals surface area contributed by atoms with E-state index in [1.165, 1.54) is 5.70 Å². The fourth-order valence-electron chi connectivity index (χ4n) is 6.09. The van der Waals surface area contributed by atoms with Gasteiger partial charge in [0.05, 0.1) is 28.8 Å². The normalized spacial score (nSPS) is 29.1. The Morgan fingerprint density at radius 1 is 1.17 bits per heavy atom. The number of halogens is 2. The van der Waals surface area contributed by atoms with E-state index in [1.54, 1.807) is 0 Å². The predicted octanol–water partition coefficient (Wildman–Crippen LogP) is 5.79. The molecule has 2 aliphatic heterocycles. The van der Waals surface area contributed by atoms with E-state index in [-0.39, 0.29) is 18.2 Å². The molecule has 182 valence electrons. The van der Waals surface area contributed by atoms with Crippen LogP contribution in [-0.4, -0.2) is 40.9 Å². The molecule has 2 bridgehead atoms. The minimum atomic E-state index is -0.357. The van der Waals surface area contributed by atoms with Crippen molar-refractivity contribution < 1.29 is 18.8 Å². The molecule has 9 heteroatoms. The average molecular weight is 514 g/mol. The van der Waals surface area contributed by atoms with Crippen molar-refractivity contribution in [3.63, 3.8) is 0 Å². The maximum atomic E-state index is 11.5. The maximum Gasteiger partial charge on any atom is 0.412 e. The Kier molecular flexibility index (Phi) is 5.16. The van der Waals surface area contributed by atoms with Gasteiger partial charge in [-0.05, 0) is 50.0 Å². The summed E-state index contributed by atoms with van der Waals surface area (Å²) in [5.74, 6) is 2.51. The number of aromatic nitrogens is 1. The summed E-state index contributed by atoms with van der Waals surface area (Å²) in [5, 5.41) is 8.39. The van der Waals surface area contributed by atoms with Crippen molar-refractivity contribution in [3.8, 4) is 11.3 Å². The van der Waals surface area contributed by atoms with Crippen LogP contribution in [0.25, 0.3) is 11.3 Å². The number of nitrogens with zero attached hydrogens (tertiary/aromatic N) is 2. The molecule has 3 aliphatic carbocycles. The number of allylic oxidation sites excluding steroid dienone is 2. The number of benzene rings is 1. The van der Waals surface area contributed by atoms with E-state index in [1.807, 2.05) is 24.3 Å². The Hall–Kier alpha value is -2.48. The molecule has 2 aromatic rings. The zero-order chi connectivity index (χ0) is 23.7. The Morgan fingerprint density at radius 3 is 2.74 bits per heavy atom. The van der Waals surface area contributed by atoms with Crippen LogP contribution in [0.15, 0.2) is 46.3 Å². The first-order valence-electron chi connectivity index (χ1n) is 12.3. The van der Waals surface area contributed by atoms with Crippen LogP contribution < -0.4 is 5.32 Å². The van der Waals surface area contributed by atoms with Crippen LogP contribution in [-0.2, 0) is 16.1 Å². The summed E-state index contributed by atoms with van der Waals surface area (Å²) in [4.78, 5) is 14.0. The summed E-state index contributed by atoms with van der Waals surface area (Å²) in [6, 6.07) is 5.89. The van der Waals surface area contributed by atoms with Crippen LogP contribution >= 0.6 is 23.2 Å². The van der Waals surface area contributed by atoms with Gasteiger partial charge in [0.2, 0.25) is 0 Å². The van der Waals surface area contributed by atoms with Crippen molar-refractivity contribution >= 4 is 29.3 Å². The number of carbonyl (C=O) groups excluding carboxylic acids is 1. The summed E-state index contributed by atoms with van der Waals surface area (Å²) < 4.78 is 17.5. The molecule has 2 saturated heterocycles. The molecule has 4 atom stereocenters. The maximum absolute atomic E-state index is 11.5. The van der Waals surface area contributed by atoms with Crippen molar-refractivity contribution in [3.05, 3.63) is 63.2 Å². The van der Waals surface area contributed by atoms with Crippen molar-refractivity contribution in [1.29, 1.82) is 0 Å². The van der Waals surface area contributed by atoms with Crippen LogP contribution in [0.2, 0.25) is 10.0 Å². The van der Waals surface area contributed by atoms with E-state index in [0.717, 1.165) is 55.7 Å². The van der Waals surface area contributed by atoms with Crippen LogP contribution in [0.5, 0.6) is 0 Å². The number of alkyl carbamates (subject to hydrolysis) is 1. The number of carbonyl (C=O) groups is 1. The molecular formula is C26H25Cl2N3O4. The quantitative estimate of drug-likeness (QED) is 0.527. The number of rotatable bonds is 6. The molecule has 2 saturated carbocycles. The van der Waals surface area contributed by atoms with Crippen LogP contribution in [0.3, 0.4) is 0 Å². The van der Waals surface area contributed by atoms with Gasteiger partial charge in [-0.2, -0.15) is 0 Å². The summed E-state index contributed by atoms with van der Waals surface area (Å²) in [6.45, 7) is 1.41. The van der Waals surface area contributed by atoms with E-state index < -0.39 is 0 Å². The van der Waals surface area contributed by atoms with E-state index in [2.05, 4.69) is 21.4 Å². The highest BCUT2D eigenvalue weighted by Crippen LogP contribution is 2.47. The number of likely N-dealkylation sites (tertiary alicyclic amines) is 1. The van der Waals surface area contributed by atoms with E-state index in [0.29, 0.717) is 45.8 Å². The highest BCUT2D eigenvalue weighted by molar-refractivity contribution is 6.39. The molecule has 3 heterocycles. The minimum absolute atomic E-state index is 0.0434. The van der Waals surface area contributed by atoms with Gasteiger partial charge in [-0.1, -0.05) is 34.4 Å². The first-order valence-corrected chi connectivity index (χ1v) is 13.0. The van der Waals surface area contributed by atoms with Crippen LogP contribution in [0, 0.1) is 5.92 Å². The number of fused-ring (bicyclic) bond motifs is 3. The number of hydrogen-bond donors (Lipinski definition) is 1. The van der Waals surface area contributed by atoms with E-state index >= 15 is 0 Å². The lowest BCUT2D eigenvalue weighted by Crippen LogP contribution is -2.40. The van der Waals surface area contributed by atoms with Crippen molar-refractivity contribution in [2.45, 2.75) is 62.8 Å². The molecule has 0 spiro atoms. The van der Waals surface area contributed by atoms with Gasteiger partial charge in [0.15, 0.2) is 0 Å². The lowest BCUT2D eigenvalue weighted by molar-refractivity contribution is -0.00613. The second kappa shape index (κ2) is 8.29. The molecule has 35 heavy (non-hydrogen) atoms. The van der Waals surface area contributed by atoms with Gasteiger partial charge in [0, 0.05) is 47.7 Å². The van der Waals surface area contributed by atoms with E-state index in [9.17, 15) is 4.79 Å². The summed E-state index contributed by atoms with van der Waals surface area (Å²) in [7, 11) is 0. The van der Waals surface area contributed by atoms with E-state index in [4.69, 9.17) is 37.2 Å². The van der Waals surface area contributed by atoms with Gasteiger partial charge in [0.25, 0.3) is 0 Å². The molecular weight excluding hydrogens is 489 g/mol. The molecule has 1 amide bonds. The SMILES string of the molecule is O=C1NC2CC(N3C[C@@H]4C[C@H]3CC4OCc3c(-c4c(Cl)cccc4Cl)noc3C3CC3)=CC=C2O1. The van der Waals surface area contributed by atoms with Crippen molar-refractivity contribution in [2.75, 3.05) is 6.54 Å². The summed E-state index contributed by atoms with van der Waals surface area (Å²) in [5.41, 5.74) is 3.65. The van der Waals surface area contributed by atoms with Crippen LogP contribution in [0.1, 0.15) is 49.3 Å². The van der Waals surface area contributed by atoms with Crippen LogP contribution in [0.4, 0.5) is 4.79 Å². The molecule has 7 nitrogen and oxygen atoms in total. The second-order valence-electron chi connectivity index (χ2n) is 10.1. The lowest BCUT2D eigenvalue weighted by Gasteiger charge is -2.36. The molecule has 5 aliphatic rings. The first kappa shape index (κ1) is 21.8. The Bertz CT molecular complexity index is 1250. The third kappa shape index (κ3) is 3.76. The summed E-state index contributed by atoms with van der Waals surface area (Å²) in [6.07, 6.45) is 8.96. The van der Waals surface area contributed by atoms with Gasteiger partial charge in [-0.3, -0.25) is 0 Å². The monoisotopic (exact) mass is 513 g/mol. The van der Waals surface area contributed by atoms with Gasteiger partial charge in [0.1, 0.15) is 17.2 Å². The summed E-state index contributed by atoms with van der Waals surface area (Å²) >= 11 is 13.0. The van der Waals surface area contributed by atoms with Gasteiger partial charge >= 0.3 is 6.09 Å². The Balaban J connectivity index is 1.06. The smallest absolute Gasteiger partial charge is 0.412 e. The molecule has 1 aromatic carbocycles. The number of ether oxygens (including phenoxy) is 2. The third-order valence-electron chi connectivity index (χ3n) is 7.95. The zero-order valence-electron chi connectivity index (χ0n) is 19.0. The fraction of sp³-hybridized carbons (Fsp3) is 0.462. The topological polar surface area (TPSA) is 76.8 Å². The number of nitrogens with one attached hydrogen (secondary N) is 1. The Morgan fingerprint density at radius 2 is 2.00 bits per heavy atom. The third-order valence-corrected chi connectivity index (χ3v) is 8.58. The highest BCUT2D eigenvalue weighted by atomic mass is 35.5. The predicted molar refractivity (Wildman–Crippen MR) is 130 cm³/mol. The number of amides is 1. The standard InChI is InChI=1S/C26H25Cl2N3O4/c27-18-2-1-3-19(28)23(18)24-17(25(35-30-24)13-4-5-13)12-33-22-10-16-8-14(22)11-31(16)15-6-7-21-20(9-15)29-26(32)34-21/h1-3,6-7,13-14,16,20,22H,4-5,8-12H2,(H,29,32)/t14-,16-,20?,22?/m0/s1. The van der Waals surface area contributed by atoms with Gasteiger partial charge < -0.3 is 24.2 Å². The molecule has 7 rings (SSSR count). The minimum Gasteiger partial charge on any atom is -0.413 e. The Labute approximate surface area is 213 Å². The molecule has 4 fully saturated rings. The number of piperidine rings is 1. The highest BCUT2D eigenvalue weighted by Gasteiger charge is 2.47.